The summed E-state index contributed by atoms with van der Waals surface area (Å²) in [5.74, 6) is 1.05. The summed E-state index contributed by atoms with van der Waals surface area (Å²) in [5.41, 5.74) is 0.871. The van der Waals surface area contributed by atoms with E-state index in [0.29, 0.717) is 0 Å². The van der Waals surface area contributed by atoms with Crippen molar-refractivity contribution < 1.29 is 13.2 Å². The molecule has 0 nitrogen and oxygen atoms in total. The van der Waals surface area contributed by atoms with Crippen LogP contribution in [-0.2, 0) is 0 Å². The lowest BCUT2D eigenvalue weighted by molar-refractivity contribution is 0.165. The van der Waals surface area contributed by atoms with Crippen LogP contribution < -0.4 is 0 Å². The Morgan fingerprint density at radius 1 is 0.714 bits per heavy atom. The van der Waals surface area contributed by atoms with E-state index in [1.165, 1.54) is 68.9 Å². The fraction of sp³-hybridized carbons (Fsp3) is 0.520. The molecule has 0 heterocycles. The maximum atomic E-state index is 14.7. The van der Waals surface area contributed by atoms with Gasteiger partial charge >= 0.3 is 0 Å². The van der Waals surface area contributed by atoms with Crippen LogP contribution in [0.1, 0.15) is 69.8 Å². The van der Waals surface area contributed by atoms with E-state index >= 15 is 0 Å². The molecule has 0 saturated heterocycles. The molecule has 0 aromatic heterocycles. The molecule has 150 valence electrons. The first-order chi connectivity index (χ1) is 13.5. The molecule has 0 radical (unpaired) electrons. The minimum Gasteiger partial charge on any atom is -0.207 e. The van der Waals surface area contributed by atoms with E-state index in [9.17, 15) is 13.2 Å². The molecule has 3 heteroatoms. The van der Waals surface area contributed by atoms with Crippen molar-refractivity contribution in [2.45, 2.75) is 64.2 Å². The van der Waals surface area contributed by atoms with Crippen LogP contribution >= 0.6 is 0 Å². The van der Waals surface area contributed by atoms with Crippen LogP contribution in [0.15, 0.2) is 36.4 Å². The average Bonchev–Trinajstić information content (AvgIpc) is 2.68. The summed E-state index contributed by atoms with van der Waals surface area (Å²) in [6.45, 7) is 2.35. The van der Waals surface area contributed by atoms with Gasteiger partial charge in [-0.3, -0.25) is 0 Å². The summed E-state index contributed by atoms with van der Waals surface area (Å²) in [4.78, 5) is 0. The molecule has 2 aromatic carbocycles. The number of hydrogen-bond acceptors (Lipinski definition) is 0. The number of rotatable bonds is 3. The van der Waals surface area contributed by atoms with Gasteiger partial charge in [-0.15, -0.1) is 0 Å². The zero-order valence-electron chi connectivity index (χ0n) is 16.6. The summed E-state index contributed by atoms with van der Waals surface area (Å²) in [6, 6.07) is 8.41. The van der Waals surface area contributed by atoms with E-state index in [-0.39, 0.29) is 17.0 Å². The molecule has 2 aromatic rings. The lowest BCUT2D eigenvalue weighted by Crippen LogP contribution is -2.24. The smallest absolute Gasteiger partial charge is 0.134 e. The fourth-order valence-electron chi connectivity index (χ4n) is 5.43. The monoisotopic (exact) mass is 386 g/mol. The lowest BCUT2D eigenvalue weighted by atomic mass is 9.68. The van der Waals surface area contributed by atoms with Crippen molar-refractivity contribution in [3.63, 3.8) is 0 Å². The Hall–Kier alpha value is -1.77. The largest absolute Gasteiger partial charge is 0.207 e. The van der Waals surface area contributed by atoms with E-state index in [2.05, 4.69) is 6.92 Å². The summed E-state index contributed by atoms with van der Waals surface area (Å²) in [6.07, 6.45) is 9.75. The van der Waals surface area contributed by atoms with Crippen molar-refractivity contribution in [3.8, 4) is 11.1 Å². The predicted octanol–water partition coefficient (Wildman–Crippen LogP) is 7.87. The zero-order valence-corrected chi connectivity index (χ0v) is 16.6. The molecule has 0 unspecified atom stereocenters. The van der Waals surface area contributed by atoms with E-state index < -0.39 is 17.5 Å². The van der Waals surface area contributed by atoms with Gasteiger partial charge < -0.3 is 0 Å². The topological polar surface area (TPSA) is 0 Å². The third-order valence-corrected chi connectivity index (χ3v) is 7.15. The standard InChI is InChI=1S/C25H29F3/c1-16-5-7-17(8-6-16)18-9-11-19(12-10-18)21-14-23(27)25(24(28)15-21)20-3-2-4-22(26)13-20/h2-4,13-19H,5-12H2,1H3. The molecule has 4 rings (SSSR count). The summed E-state index contributed by atoms with van der Waals surface area (Å²) >= 11 is 0. The molecular formula is C25H29F3. The highest BCUT2D eigenvalue weighted by molar-refractivity contribution is 5.65. The van der Waals surface area contributed by atoms with Crippen LogP contribution in [0.25, 0.3) is 11.1 Å². The minimum atomic E-state index is -0.594. The number of benzene rings is 2. The second-order valence-electron chi connectivity index (χ2n) is 9.00. The molecule has 2 saturated carbocycles. The van der Waals surface area contributed by atoms with Crippen molar-refractivity contribution in [2.24, 2.45) is 17.8 Å². The third-order valence-electron chi connectivity index (χ3n) is 7.15. The van der Waals surface area contributed by atoms with E-state index in [1.54, 1.807) is 6.07 Å². The summed E-state index contributed by atoms with van der Waals surface area (Å²) < 4.78 is 42.9. The Bertz CT molecular complexity index is 789. The second-order valence-corrected chi connectivity index (χ2v) is 9.00. The van der Waals surface area contributed by atoms with Crippen LogP contribution in [0, 0.1) is 35.2 Å². The van der Waals surface area contributed by atoms with Gasteiger partial charge in [-0.25, -0.2) is 13.2 Å². The Labute approximate surface area is 166 Å². The normalized spacial score (nSPS) is 28.3. The molecule has 2 fully saturated rings. The highest BCUT2D eigenvalue weighted by atomic mass is 19.1. The molecule has 2 aliphatic carbocycles. The van der Waals surface area contributed by atoms with Gasteiger partial charge in [0.05, 0.1) is 5.56 Å². The summed E-state index contributed by atoms with van der Waals surface area (Å²) in [7, 11) is 0. The van der Waals surface area contributed by atoms with Gasteiger partial charge in [0.2, 0.25) is 0 Å². The van der Waals surface area contributed by atoms with Gasteiger partial charge in [0.25, 0.3) is 0 Å². The molecule has 0 N–H and O–H groups in total. The van der Waals surface area contributed by atoms with Crippen LogP contribution in [0.4, 0.5) is 13.2 Å². The van der Waals surface area contributed by atoms with Crippen LogP contribution in [0.5, 0.6) is 0 Å². The zero-order chi connectivity index (χ0) is 19.7. The SMILES string of the molecule is CC1CCC(C2CCC(c3cc(F)c(-c4cccc(F)c4)c(F)c3)CC2)CC1. The van der Waals surface area contributed by atoms with Gasteiger partial charge in [0.15, 0.2) is 0 Å². The minimum absolute atomic E-state index is 0.131. The van der Waals surface area contributed by atoms with Gasteiger partial charge in [-0.05, 0) is 97.6 Å². The highest BCUT2D eigenvalue weighted by Crippen LogP contribution is 2.44. The molecule has 2 aliphatic rings. The molecule has 0 amide bonds. The van der Waals surface area contributed by atoms with E-state index in [4.69, 9.17) is 0 Å². The fourth-order valence-corrected chi connectivity index (χ4v) is 5.43. The van der Waals surface area contributed by atoms with Gasteiger partial charge in [-0.2, -0.15) is 0 Å². The first kappa shape index (κ1) is 19.5. The van der Waals surface area contributed by atoms with Crippen LogP contribution in [-0.4, -0.2) is 0 Å². The Kier molecular flexibility index (Phi) is 5.80. The lowest BCUT2D eigenvalue weighted by Gasteiger charge is -2.37. The molecule has 0 bridgehead atoms. The maximum Gasteiger partial charge on any atom is 0.134 e. The van der Waals surface area contributed by atoms with E-state index in [1.807, 2.05) is 0 Å². The Morgan fingerprint density at radius 2 is 1.29 bits per heavy atom. The van der Waals surface area contributed by atoms with E-state index in [0.717, 1.165) is 36.2 Å². The van der Waals surface area contributed by atoms with Gasteiger partial charge in [-0.1, -0.05) is 31.9 Å². The molecule has 0 aliphatic heterocycles. The third kappa shape index (κ3) is 4.14. The molecular weight excluding hydrogens is 357 g/mol. The summed E-state index contributed by atoms with van der Waals surface area (Å²) in [5, 5.41) is 0. The van der Waals surface area contributed by atoms with Gasteiger partial charge in [0.1, 0.15) is 17.5 Å². The van der Waals surface area contributed by atoms with Crippen molar-refractivity contribution in [3.05, 3.63) is 59.4 Å². The van der Waals surface area contributed by atoms with Crippen molar-refractivity contribution in [1.82, 2.24) is 0 Å². The van der Waals surface area contributed by atoms with Crippen molar-refractivity contribution >= 4 is 0 Å². The first-order valence-corrected chi connectivity index (χ1v) is 10.8. The number of halogens is 3. The van der Waals surface area contributed by atoms with Crippen LogP contribution in [0.3, 0.4) is 0 Å². The maximum absolute atomic E-state index is 14.7. The second kappa shape index (κ2) is 8.31. The number of hydrogen-bond donors (Lipinski definition) is 0. The molecule has 0 spiro atoms. The molecule has 28 heavy (non-hydrogen) atoms. The Balaban J connectivity index is 1.46. The first-order valence-electron chi connectivity index (χ1n) is 10.8. The van der Waals surface area contributed by atoms with Crippen molar-refractivity contribution in [2.75, 3.05) is 0 Å². The predicted molar refractivity (Wildman–Crippen MR) is 108 cm³/mol. The van der Waals surface area contributed by atoms with Crippen LogP contribution in [0.2, 0.25) is 0 Å². The van der Waals surface area contributed by atoms with Crippen molar-refractivity contribution in [1.29, 1.82) is 0 Å². The van der Waals surface area contributed by atoms with Gasteiger partial charge in [0, 0.05) is 0 Å². The average molecular weight is 387 g/mol. The quantitative estimate of drug-likeness (QED) is 0.503. The highest BCUT2D eigenvalue weighted by Gasteiger charge is 2.31. The Morgan fingerprint density at radius 3 is 1.86 bits per heavy atom. The molecule has 0 atom stereocenters.